The number of nitrogens with one attached hydrogen (secondary N) is 1. The third-order valence-corrected chi connectivity index (χ3v) is 1.70. The van der Waals surface area contributed by atoms with E-state index in [9.17, 15) is 4.79 Å². The van der Waals surface area contributed by atoms with Crippen LogP contribution in [0.25, 0.3) is 0 Å². The van der Waals surface area contributed by atoms with Gasteiger partial charge in [-0.25, -0.2) is 14.8 Å². The van der Waals surface area contributed by atoms with Crippen LogP contribution in [0.1, 0.15) is 16.3 Å². The maximum absolute atomic E-state index is 11.2. The monoisotopic (exact) mass is 211 g/mol. The van der Waals surface area contributed by atoms with Crippen LogP contribution in [0.3, 0.4) is 0 Å². The van der Waals surface area contributed by atoms with Gasteiger partial charge in [-0.3, -0.25) is 0 Å². The summed E-state index contributed by atoms with van der Waals surface area (Å²) in [6.45, 7) is 0.321. The third-order valence-electron chi connectivity index (χ3n) is 1.70. The fourth-order valence-corrected chi connectivity index (χ4v) is 1.03. The molecule has 0 fully saturated rings. The minimum Gasteiger partial charge on any atom is -0.463 e. The van der Waals surface area contributed by atoms with Crippen LogP contribution in [0.15, 0.2) is 6.07 Å². The van der Waals surface area contributed by atoms with Crippen LogP contribution in [-0.4, -0.2) is 37.2 Å². The first kappa shape index (κ1) is 11.4. The predicted octanol–water partition coefficient (Wildman–Crippen LogP) is 0.451. The maximum Gasteiger partial charge on any atom is 0.376 e. The Balaban J connectivity index is 3.05. The van der Waals surface area contributed by atoms with Crippen LogP contribution < -0.4 is 5.32 Å². The van der Waals surface area contributed by atoms with Gasteiger partial charge in [0.1, 0.15) is 5.82 Å². The van der Waals surface area contributed by atoms with Crippen molar-refractivity contribution in [1.82, 2.24) is 9.97 Å². The van der Waals surface area contributed by atoms with Crippen molar-refractivity contribution in [3.8, 4) is 0 Å². The first-order valence-corrected chi connectivity index (χ1v) is 4.34. The van der Waals surface area contributed by atoms with Crippen LogP contribution in [0, 0.1) is 0 Å². The van der Waals surface area contributed by atoms with Gasteiger partial charge in [0, 0.05) is 20.2 Å². The minimum atomic E-state index is -0.565. The van der Waals surface area contributed by atoms with Gasteiger partial charge < -0.3 is 14.8 Å². The molecular weight excluding hydrogens is 198 g/mol. The molecule has 0 saturated carbocycles. The molecule has 0 saturated heterocycles. The largest absolute Gasteiger partial charge is 0.463 e. The van der Waals surface area contributed by atoms with Crippen molar-refractivity contribution in [2.75, 3.05) is 26.6 Å². The lowest BCUT2D eigenvalue weighted by Gasteiger charge is -2.05. The topological polar surface area (TPSA) is 73.3 Å². The van der Waals surface area contributed by atoms with Gasteiger partial charge in [-0.15, -0.1) is 0 Å². The molecule has 0 aliphatic heterocycles. The lowest BCUT2D eigenvalue weighted by Crippen LogP contribution is -2.11. The predicted molar refractivity (Wildman–Crippen MR) is 53.6 cm³/mol. The molecule has 0 aliphatic carbocycles. The minimum absolute atomic E-state index is 0.0244. The number of ether oxygens (including phenoxy) is 2. The molecular formula is C9H13N3O3. The number of nitrogens with zero attached hydrogens (tertiary/aromatic N) is 2. The summed E-state index contributed by atoms with van der Waals surface area (Å²) in [6.07, 6.45) is 0. The average molecular weight is 211 g/mol. The molecule has 6 nitrogen and oxygen atoms in total. The molecule has 0 amide bonds. The average Bonchev–Trinajstić information content (AvgIpc) is 2.28. The third kappa shape index (κ3) is 2.88. The van der Waals surface area contributed by atoms with Gasteiger partial charge in [0.2, 0.25) is 5.82 Å². The normalized spacial score (nSPS) is 9.80. The molecule has 1 heterocycles. The molecule has 0 radical (unpaired) electrons. The number of methoxy groups -OCH3 is 2. The van der Waals surface area contributed by atoms with Crippen molar-refractivity contribution in [3.05, 3.63) is 17.6 Å². The second-order valence-electron chi connectivity index (χ2n) is 2.74. The summed E-state index contributed by atoms with van der Waals surface area (Å²) in [4.78, 5) is 19.2. The zero-order chi connectivity index (χ0) is 11.3. The SMILES string of the molecule is CNc1cc(COC)nc(C(=O)OC)n1. The Kier molecular flexibility index (Phi) is 3.99. The first-order valence-electron chi connectivity index (χ1n) is 4.34. The molecule has 0 bridgehead atoms. The van der Waals surface area contributed by atoms with E-state index in [1.165, 1.54) is 7.11 Å². The van der Waals surface area contributed by atoms with Crippen molar-refractivity contribution in [2.24, 2.45) is 0 Å². The maximum atomic E-state index is 11.2. The summed E-state index contributed by atoms with van der Waals surface area (Å²) in [5.41, 5.74) is 0.622. The molecule has 0 unspecified atom stereocenters. The number of hydrogen-bond acceptors (Lipinski definition) is 6. The number of anilines is 1. The van der Waals surface area contributed by atoms with E-state index in [0.29, 0.717) is 18.1 Å². The molecule has 0 atom stereocenters. The highest BCUT2D eigenvalue weighted by molar-refractivity contribution is 5.85. The zero-order valence-electron chi connectivity index (χ0n) is 8.90. The van der Waals surface area contributed by atoms with Crippen molar-refractivity contribution in [3.63, 3.8) is 0 Å². The van der Waals surface area contributed by atoms with Crippen LogP contribution >= 0.6 is 0 Å². The van der Waals surface area contributed by atoms with E-state index in [4.69, 9.17) is 4.74 Å². The Morgan fingerprint density at radius 3 is 2.73 bits per heavy atom. The first-order chi connectivity index (χ1) is 7.21. The summed E-state index contributed by atoms with van der Waals surface area (Å²) in [7, 11) is 4.55. The Bertz CT molecular complexity index is 354. The van der Waals surface area contributed by atoms with Crippen LogP contribution in [0.2, 0.25) is 0 Å². The van der Waals surface area contributed by atoms with Gasteiger partial charge >= 0.3 is 5.97 Å². The summed E-state index contributed by atoms with van der Waals surface area (Å²) in [5.74, 6) is 0.0123. The van der Waals surface area contributed by atoms with Gasteiger partial charge in [0.05, 0.1) is 19.4 Å². The fraction of sp³-hybridized carbons (Fsp3) is 0.444. The molecule has 0 spiro atoms. The molecule has 1 aromatic heterocycles. The standard InChI is InChI=1S/C9H13N3O3/c1-10-7-4-6(5-14-2)11-8(12-7)9(13)15-3/h4H,5H2,1-3H3,(H,10,11,12). The van der Waals surface area contributed by atoms with Crippen molar-refractivity contribution in [1.29, 1.82) is 0 Å². The lowest BCUT2D eigenvalue weighted by molar-refractivity contribution is 0.0585. The van der Waals surface area contributed by atoms with E-state index in [2.05, 4.69) is 20.0 Å². The van der Waals surface area contributed by atoms with E-state index < -0.39 is 5.97 Å². The molecule has 6 heteroatoms. The van der Waals surface area contributed by atoms with E-state index >= 15 is 0 Å². The number of hydrogen-bond donors (Lipinski definition) is 1. The van der Waals surface area contributed by atoms with E-state index in [1.807, 2.05) is 0 Å². The molecule has 1 aromatic rings. The quantitative estimate of drug-likeness (QED) is 0.729. The summed E-state index contributed by atoms with van der Waals surface area (Å²) in [6, 6.07) is 1.70. The van der Waals surface area contributed by atoms with E-state index in [0.717, 1.165) is 0 Å². The van der Waals surface area contributed by atoms with E-state index in [1.54, 1.807) is 20.2 Å². The van der Waals surface area contributed by atoms with Gasteiger partial charge in [0.15, 0.2) is 0 Å². The molecule has 1 rings (SSSR count). The number of carbonyl (C=O) groups is 1. The van der Waals surface area contributed by atoms with Crippen molar-refractivity contribution < 1.29 is 14.3 Å². The zero-order valence-corrected chi connectivity index (χ0v) is 8.90. The molecule has 0 aliphatic rings. The van der Waals surface area contributed by atoms with Gasteiger partial charge in [0.25, 0.3) is 0 Å². The molecule has 82 valence electrons. The second-order valence-corrected chi connectivity index (χ2v) is 2.74. The number of carbonyl (C=O) groups excluding carboxylic acids is 1. The lowest BCUT2D eigenvalue weighted by atomic mass is 10.4. The van der Waals surface area contributed by atoms with Gasteiger partial charge in [-0.2, -0.15) is 0 Å². The Labute approximate surface area is 87.6 Å². The molecule has 0 aromatic carbocycles. The Hall–Kier alpha value is -1.69. The molecule has 1 N–H and O–H groups in total. The highest BCUT2D eigenvalue weighted by Crippen LogP contribution is 2.07. The number of rotatable bonds is 4. The highest BCUT2D eigenvalue weighted by atomic mass is 16.5. The van der Waals surface area contributed by atoms with E-state index in [-0.39, 0.29) is 5.82 Å². The molecule has 15 heavy (non-hydrogen) atoms. The Morgan fingerprint density at radius 1 is 1.47 bits per heavy atom. The fourth-order valence-electron chi connectivity index (χ4n) is 1.03. The van der Waals surface area contributed by atoms with Crippen molar-refractivity contribution in [2.45, 2.75) is 6.61 Å². The highest BCUT2D eigenvalue weighted by Gasteiger charge is 2.11. The number of esters is 1. The summed E-state index contributed by atoms with van der Waals surface area (Å²) in [5, 5.41) is 2.83. The van der Waals surface area contributed by atoms with Gasteiger partial charge in [-0.05, 0) is 0 Å². The van der Waals surface area contributed by atoms with Crippen LogP contribution in [0.5, 0.6) is 0 Å². The second kappa shape index (κ2) is 5.26. The van der Waals surface area contributed by atoms with Crippen LogP contribution in [0.4, 0.5) is 5.82 Å². The summed E-state index contributed by atoms with van der Waals surface area (Å²) >= 11 is 0. The Morgan fingerprint density at radius 2 is 2.20 bits per heavy atom. The van der Waals surface area contributed by atoms with Crippen molar-refractivity contribution >= 4 is 11.8 Å². The smallest absolute Gasteiger partial charge is 0.376 e. The number of aromatic nitrogens is 2. The van der Waals surface area contributed by atoms with Gasteiger partial charge in [-0.1, -0.05) is 0 Å². The van der Waals surface area contributed by atoms with Crippen LogP contribution in [-0.2, 0) is 16.1 Å². The summed E-state index contributed by atoms with van der Waals surface area (Å²) < 4.78 is 9.46.